The summed E-state index contributed by atoms with van der Waals surface area (Å²) in [4.78, 5) is 25.5. The Morgan fingerprint density at radius 1 is 1.04 bits per heavy atom. The van der Waals surface area contributed by atoms with E-state index in [1.54, 1.807) is 11.9 Å². The van der Waals surface area contributed by atoms with Crippen LogP contribution in [0.1, 0.15) is 47.4 Å². The van der Waals surface area contributed by atoms with E-state index in [9.17, 15) is 23.1 Å². The minimum atomic E-state index is -3.92. The van der Waals surface area contributed by atoms with E-state index in [2.05, 4.69) is 10.0 Å². The van der Waals surface area contributed by atoms with Crippen LogP contribution >= 0.6 is 0 Å². The lowest BCUT2D eigenvalue weighted by atomic mass is 10.1. The molecule has 146 valence electrons. The molecule has 0 saturated carbocycles. The summed E-state index contributed by atoms with van der Waals surface area (Å²) in [6.45, 7) is 5.48. The molecule has 26 heavy (non-hydrogen) atoms. The average molecular weight is 385 g/mol. The molecular weight excluding hydrogens is 358 g/mol. The molecular formula is C17H27N3O5S. The van der Waals surface area contributed by atoms with Crippen molar-refractivity contribution in [3.05, 3.63) is 29.3 Å². The van der Waals surface area contributed by atoms with E-state index in [-0.39, 0.29) is 28.5 Å². The quantitative estimate of drug-likeness (QED) is 0.492. The average Bonchev–Trinajstić information content (AvgIpc) is 2.60. The summed E-state index contributed by atoms with van der Waals surface area (Å²) in [6, 6.07) is 3.51. The number of amides is 1. The van der Waals surface area contributed by atoms with E-state index in [0.717, 1.165) is 18.9 Å². The van der Waals surface area contributed by atoms with Crippen LogP contribution in [0.15, 0.2) is 23.1 Å². The van der Waals surface area contributed by atoms with E-state index in [1.165, 1.54) is 12.1 Å². The molecule has 0 fully saturated rings. The minimum absolute atomic E-state index is 0.0563. The van der Waals surface area contributed by atoms with Crippen LogP contribution in [0.2, 0.25) is 0 Å². The third-order valence-electron chi connectivity index (χ3n) is 3.65. The maximum atomic E-state index is 12.7. The fourth-order valence-electron chi connectivity index (χ4n) is 2.43. The van der Waals surface area contributed by atoms with Gasteiger partial charge in [-0.05, 0) is 38.1 Å². The molecule has 0 aliphatic carbocycles. The van der Waals surface area contributed by atoms with E-state index in [4.69, 9.17) is 0 Å². The number of carboxylic acid groups (broad SMARTS) is 1. The van der Waals surface area contributed by atoms with Gasteiger partial charge >= 0.3 is 5.97 Å². The van der Waals surface area contributed by atoms with Gasteiger partial charge in [-0.15, -0.1) is 0 Å². The second-order valence-corrected chi connectivity index (χ2v) is 7.61. The van der Waals surface area contributed by atoms with Crippen LogP contribution < -0.4 is 10.0 Å². The number of aromatic carboxylic acids is 1. The van der Waals surface area contributed by atoms with E-state index >= 15 is 0 Å². The second kappa shape index (κ2) is 10.2. The molecule has 0 saturated heterocycles. The number of likely N-dealkylation sites (N-methyl/N-ethyl adjacent to an activating group) is 1. The van der Waals surface area contributed by atoms with Crippen LogP contribution in [0, 0.1) is 0 Å². The smallest absolute Gasteiger partial charge is 0.335 e. The van der Waals surface area contributed by atoms with Crippen molar-refractivity contribution < 1.29 is 23.1 Å². The van der Waals surface area contributed by atoms with Crippen molar-refractivity contribution in [2.45, 2.75) is 31.6 Å². The number of benzene rings is 1. The van der Waals surface area contributed by atoms with Gasteiger partial charge in [0.2, 0.25) is 10.0 Å². The van der Waals surface area contributed by atoms with E-state index < -0.39 is 16.0 Å². The lowest BCUT2D eigenvalue weighted by molar-refractivity contribution is 0.0696. The molecule has 3 N–H and O–H groups in total. The van der Waals surface area contributed by atoms with Crippen LogP contribution in [-0.2, 0) is 10.0 Å². The van der Waals surface area contributed by atoms with Gasteiger partial charge in [0.05, 0.1) is 10.5 Å². The Morgan fingerprint density at radius 3 is 2.12 bits per heavy atom. The van der Waals surface area contributed by atoms with Gasteiger partial charge in [-0.3, -0.25) is 4.79 Å². The van der Waals surface area contributed by atoms with Crippen LogP contribution in [0.4, 0.5) is 0 Å². The monoisotopic (exact) mass is 385 g/mol. The summed E-state index contributed by atoms with van der Waals surface area (Å²) in [5, 5.41) is 12.1. The number of rotatable bonds is 11. The van der Waals surface area contributed by atoms with Crippen molar-refractivity contribution in [1.82, 2.24) is 14.9 Å². The number of carboxylic acids is 1. The molecule has 0 radical (unpaired) electrons. The molecule has 9 heteroatoms. The van der Waals surface area contributed by atoms with E-state index in [1.807, 2.05) is 13.8 Å². The second-order valence-electron chi connectivity index (χ2n) is 5.84. The van der Waals surface area contributed by atoms with Crippen LogP contribution in [0.3, 0.4) is 0 Å². The van der Waals surface area contributed by atoms with Crippen molar-refractivity contribution in [3.8, 4) is 0 Å². The highest BCUT2D eigenvalue weighted by atomic mass is 32.2. The zero-order chi connectivity index (χ0) is 19.7. The Morgan fingerprint density at radius 2 is 1.62 bits per heavy atom. The largest absolute Gasteiger partial charge is 0.478 e. The number of nitrogens with zero attached hydrogens (tertiary/aromatic N) is 1. The third kappa shape index (κ3) is 6.08. The van der Waals surface area contributed by atoms with Crippen LogP contribution in [0.5, 0.6) is 0 Å². The molecule has 0 bridgehead atoms. The van der Waals surface area contributed by atoms with Crippen molar-refractivity contribution in [2.75, 3.05) is 33.2 Å². The maximum absolute atomic E-state index is 12.7. The highest BCUT2D eigenvalue weighted by molar-refractivity contribution is 7.89. The molecule has 0 unspecified atom stereocenters. The Labute approximate surface area is 154 Å². The zero-order valence-electron chi connectivity index (χ0n) is 15.4. The normalized spacial score (nSPS) is 11.3. The van der Waals surface area contributed by atoms with Crippen LogP contribution in [-0.4, -0.2) is 63.5 Å². The SMILES string of the molecule is CCCN(CCC)C(=O)c1cc(C(=O)O)cc(S(=O)(=O)NCCNC)c1. The lowest BCUT2D eigenvalue weighted by Crippen LogP contribution is -2.33. The third-order valence-corrected chi connectivity index (χ3v) is 5.09. The Balaban J connectivity index is 3.30. The molecule has 0 aliphatic rings. The van der Waals surface area contributed by atoms with Gasteiger partial charge in [0.1, 0.15) is 0 Å². The summed E-state index contributed by atoms with van der Waals surface area (Å²) in [5.74, 6) is -1.66. The first-order valence-electron chi connectivity index (χ1n) is 8.58. The number of carbonyl (C=O) groups is 2. The molecule has 0 aromatic heterocycles. The maximum Gasteiger partial charge on any atom is 0.335 e. The Hall–Kier alpha value is -1.97. The molecule has 0 heterocycles. The molecule has 0 atom stereocenters. The van der Waals surface area contributed by atoms with Gasteiger partial charge in [-0.2, -0.15) is 0 Å². The van der Waals surface area contributed by atoms with Crippen molar-refractivity contribution in [2.24, 2.45) is 0 Å². The summed E-state index contributed by atoms with van der Waals surface area (Å²) < 4.78 is 27.2. The summed E-state index contributed by atoms with van der Waals surface area (Å²) in [5.41, 5.74) is -0.182. The Kier molecular flexibility index (Phi) is 8.70. The zero-order valence-corrected chi connectivity index (χ0v) is 16.2. The molecule has 1 amide bonds. The predicted octanol–water partition coefficient (Wildman–Crippen LogP) is 1.14. The van der Waals surface area contributed by atoms with Gasteiger partial charge < -0.3 is 15.3 Å². The highest BCUT2D eigenvalue weighted by Crippen LogP contribution is 2.18. The molecule has 1 aromatic carbocycles. The topological polar surface area (TPSA) is 116 Å². The summed E-state index contributed by atoms with van der Waals surface area (Å²) >= 11 is 0. The highest BCUT2D eigenvalue weighted by Gasteiger charge is 2.22. The predicted molar refractivity (Wildman–Crippen MR) is 99.0 cm³/mol. The summed E-state index contributed by atoms with van der Waals surface area (Å²) in [7, 11) is -2.23. The molecule has 1 rings (SSSR count). The number of nitrogens with one attached hydrogen (secondary N) is 2. The summed E-state index contributed by atoms with van der Waals surface area (Å²) in [6.07, 6.45) is 1.50. The standard InChI is InChI=1S/C17H27N3O5S/c1-4-8-20(9-5-2)16(21)13-10-14(17(22)23)12-15(11-13)26(24,25)19-7-6-18-3/h10-12,18-19H,4-9H2,1-3H3,(H,22,23). The van der Waals surface area contributed by atoms with Gasteiger partial charge in [0, 0.05) is 31.7 Å². The Bertz CT molecular complexity index is 728. The number of hydrogen-bond donors (Lipinski definition) is 3. The van der Waals surface area contributed by atoms with Gasteiger partial charge in [0.15, 0.2) is 0 Å². The number of hydrogen-bond acceptors (Lipinski definition) is 5. The number of carbonyl (C=O) groups excluding carboxylic acids is 1. The van der Waals surface area contributed by atoms with Gasteiger partial charge in [-0.25, -0.2) is 17.9 Å². The van der Waals surface area contributed by atoms with Crippen molar-refractivity contribution in [1.29, 1.82) is 0 Å². The lowest BCUT2D eigenvalue weighted by Gasteiger charge is -2.22. The van der Waals surface area contributed by atoms with Crippen molar-refractivity contribution >= 4 is 21.9 Å². The van der Waals surface area contributed by atoms with Gasteiger partial charge in [-0.1, -0.05) is 13.8 Å². The molecule has 0 aliphatic heterocycles. The van der Waals surface area contributed by atoms with Gasteiger partial charge in [0.25, 0.3) is 5.91 Å². The molecule has 1 aromatic rings. The van der Waals surface area contributed by atoms with E-state index in [0.29, 0.717) is 19.6 Å². The van der Waals surface area contributed by atoms with Crippen molar-refractivity contribution in [3.63, 3.8) is 0 Å². The minimum Gasteiger partial charge on any atom is -0.478 e. The molecule has 8 nitrogen and oxygen atoms in total. The number of sulfonamides is 1. The van der Waals surface area contributed by atoms with Crippen LogP contribution in [0.25, 0.3) is 0 Å². The first kappa shape index (κ1) is 22.1. The molecule has 0 spiro atoms. The fraction of sp³-hybridized carbons (Fsp3) is 0.529. The first-order chi connectivity index (χ1) is 12.3. The first-order valence-corrected chi connectivity index (χ1v) is 10.1. The fourth-order valence-corrected chi connectivity index (χ4v) is 3.53.